The van der Waals surface area contributed by atoms with Gasteiger partial charge in [-0.05, 0) is 106 Å². The van der Waals surface area contributed by atoms with Crippen molar-refractivity contribution in [3.05, 3.63) is 11.6 Å². The molecule has 0 aromatic carbocycles. The lowest BCUT2D eigenvalue weighted by molar-refractivity contribution is -0.157. The number of likely N-dealkylation sites (N-methyl/N-ethyl adjacent to an activating group) is 6. The molecule has 89 heavy (non-hydrogen) atoms. The Balaban J connectivity index is 4.41. The molecule has 23 nitrogen and oxygen atoms in total. The van der Waals surface area contributed by atoms with Crippen LogP contribution in [-0.4, -0.2) is 215 Å². The Labute approximate surface area is 534 Å². The highest BCUT2D eigenvalue weighted by Gasteiger charge is 2.46. The Bertz CT molecular complexity index is 2500. The van der Waals surface area contributed by atoms with Gasteiger partial charge in [-0.25, -0.2) is 0 Å². The van der Waals surface area contributed by atoms with Crippen molar-refractivity contribution in [3.63, 3.8) is 0 Å². The van der Waals surface area contributed by atoms with Crippen LogP contribution in [0.15, 0.2) is 11.6 Å². The molecule has 11 amide bonds. The molecular formula is C66H119N11O12. The van der Waals surface area contributed by atoms with Gasteiger partial charge in [0.1, 0.15) is 60.4 Å². The van der Waals surface area contributed by atoms with Crippen LogP contribution in [0.25, 0.3) is 0 Å². The van der Waals surface area contributed by atoms with Gasteiger partial charge in [-0.1, -0.05) is 136 Å². The molecule has 0 spiro atoms. The van der Waals surface area contributed by atoms with E-state index in [1.165, 1.54) is 75.7 Å². The molecule has 510 valence electrons. The Morgan fingerprint density at radius 2 is 0.978 bits per heavy atom. The molecule has 1 saturated heterocycles. The minimum absolute atomic E-state index is 0.0141. The van der Waals surface area contributed by atoms with Gasteiger partial charge in [0.05, 0.1) is 12.6 Å². The molecule has 1 aliphatic heterocycles. The second-order valence-corrected chi connectivity index (χ2v) is 30.0. The summed E-state index contributed by atoms with van der Waals surface area (Å²) in [4.78, 5) is 168. The fourth-order valence-corrected chi connectivity index (χ4v) is 11.4. The van der Waals surface area contributed by atoms with E-state index >= 15 is 14.4 Å². The van der Waals surface area contributed by atoms with Gasteiger partial charge in [-0.15, -0.1) is 0 Å². The van der Waals surface area contributed by atoms with Crippen molar-refractivity contribution in [1.82, 2.24) is 56.0 Å². The molecule has 0 aromatic heterocycles. The summed E-state index contributed by atoms with van der Waals surface area (Å²) in [5.41, 5.74) is -0.740. The second-order valence-electron chi connectivity index (χ2n) is 30.0. The first-order valence-corrected chi connectivity index (χ1v) is 32.0. The van der Waals surface area contributed by atoms with E-state index in [0.717, 1.165) is 15.4 Å². The Hall–Kier alpha value is -6.13. The molecule has 0 radical (unpaired) electrons. The first kappa shape index (κ1) is 80.9. The Morgan fingerprint density at radius 3 is 1.45 bits per heavy atom. The number of rotatable bonds is 13. The molecule has 1 fully saturated rings. The summed E-state index contributed by atoms with van der Waals surface area (Å²) < 4.78 is 0. The van der Waals surface area contributed by atoms with Gasteiger partial charge in [0.2, 0.25) is 65.0 Å². The van der Waals surface area contributed by atoms with Crippen molar-refractivity contribution in [3.8, 4) is 0 Å². The normalized spacial score (nSPS) is 26.6. The SMILES string of the molecule is CC/C=C(\C)CC(C)C(O)C1C(=O)NC(CC)C(=O)N(C)CC(=O)NC(CC(C)(C)C)C(=O)NC(C(C)C)C(=O)N(C)C(CC(C)(C)C)C(=O)NC(C)C(=O)NC(C)C(=O)N(C)C(CC(C)(C)C)C(=O)N(C)C(CC(C)C)C(=O)N(C)C(C(C)C)C(=O)N1C. The summed E-state index contributed by atoms with van der Waals surface area (Å²) in [7, 11) is 8.51. The van der Waals surface area contributed by atoms with Crippen LogP contribution in [0.2, 0.25) is 0 Å². The van der Waals surface area contributed by atoms with Gasteiger partial charge in [0, 0.05) is 42.3 Å². The third-order valence-corrected chi connectivity index (χ3v) is 16.4. The highest BCUT2D eigenvalue weighted by molar-refractivity contribution is 5.99. The predicted octanol–water partition coefficient (Wildman–Crippen LogP) is 4.88. The number of carbonyl (C=O) groups excluding carboxylic acids is 11. The van der Waals surface area contributed by atoms with E-state index in [2.05, 4.69) is 26.6 Å². The van der Waals surface area contributed by atoms with Crippen molar-refractivity contribution < 1.29 is 57.8 Å². The smallest absolute Gasteiger partial charge is 0.246 e. The maximum absolute atomic E-state index is 15.3. The number of allylic oxidation sites excluding steroid dienone is 2. The van der Waals surface area contributed by atoms with Crippen molar-refractivity contribution in [2.45, 2.75) is 257 Å². The Kier molecular flexibility index (Phi) is 31.2. The monoisotopic (exact) mass is 1260 g/mol. The summed E-state index contributed by atoms with van der Waals surface area (Å²) in [5.74, 6) is -9.57. The summed E-state index contributed by atoms with van der Waals surface area (Å²) in [6.45, 7) is 37.1. The van der Waals surface area contributed by atoms with E-state index in [1.54, 1.807) is 41.5 Å². The molecule has 6 N–H and O–H groups in total. The third kappa shape index (κ3) is 24.5. The highest BCUT2D eigenvalue weighted by Crippen LogP contribution is 2.30. The van der Waals surface area contributed by atoms with Crippen LogP contribution in [0.1, 0.15) is 190 Å². The van der Waals surface area contributed by atoms with Crippen LogP contribution in [0.3, 0.4) is 0 Å². The number of carbonyl (C=O) groups is 11. The summed E-state index contributed by atoms with van der Waals surface area (Å²) >= 11 is 0. The number of aliphatic hydroxyl groups is 1. The lowest BCUT2D eigenvalue weighted by atomic mass is 9.86. The van der Waals surface area contributed by atoms with Crippen molar-refractivity contribution in [2.75, 3.05) is 48.8 Å². The second kappa shape index (κ2) is 34.3. The Morgan fingerprint density at radius 1 is 0.506 bits per heavy atom. The molecule has 1 rings (SSSR count). The van der Waals surface area contributed by atoms with Gasteiger partial charge in [0.25, 0.3) is 0 Å². The zero-order chi connectivity index (χ0) is 69.5. The quantitative estimate of drug-likeness (QED) is 0.135. The van der Waals surface area contributed by atoms with E-state index in [4.69, 9.17) is 0 Å². The van der Waals surface area contributed by atoms with Crippen LogP contribution < -0.4 is 26.6 Å². The van der Waals surface area contributed by atoms with Crippen molar-refractivity contribution >= 4 is 65.0 Å². The molecule has 0 aliphatic carbocycles. The number of nitrogens with zero attached hydrogens (tertiary/aromatic N) is 6. The van der Waals surface area contributed by atoms with Crippen LogP contribution >= 0.6 is 0 Å². The van der Waals surface area contributed by atoms with E-state index in [9.17, 15) is 43.5 Å². The third-order valence-electron chi connectivity index (χ3n) is 16.4. The average molecular weight is 1260 g/mol. The van der Waals surface area contributed by atoms with Gasteiger partial charge in [-0.2, -0.15) is 0 Å². The number of hydrogen-bond donors (Lipinski definition) is 6. The molecule has 0 bridgehead atoms. The summed E-state index contributed by atoms with van der Waals surface area (Å²) in [5, 5.41) is 26.1. The zero-order valence-electron chi connectivity index (χ0n) is 59.5. The molecule has 1 aliphatic rings. The van der Waals surface area contributed by atoms with Gasteiger partial charge >= 0.3 is 0 Å². The highest BCUT2D eigenvalue weighted by atomic mass is 16.3. The van der Waals surface area contributed by atoms with E-state index < -0.39 is 172 Å². The first-order chi connectivity index (χ1) is 40.5. The van der Waals surface area contributed by atoms with Gasteiger partial charge in [0.15, 0.2) is 0 Å². The maximum atomic E-state index is 15.3. The molecule has 0 saturated carbocycles. The summed E-state index contributed by atoms with van der Waals surface area (Å²) in [6.07, 6.45) is 2.02. The largest absolute Gasteiger partial charge is 0.390 e. The van der Waals surface area contributed by atoms with E-state index in [-0.39, 0.29) is 38.0 Å². The zero-order valence-corrected chi connectivity index (χ0v) is 59.5. The fraction of sp³-hybridized carbons (Fsp3) is 0.803. The maximum Gasteiger partial charge on any atom is 0.246 e. The van der Waals surface area contributed by atoms with E-state index in [0.29, 0.717) is 12.8 Å². The van der Waals surface area contributed by atoms with Crippen LogP contribution in [-0.2, 0) is 52.7 Å². The van der Waals surface area contributed by atoms with Crippen molar-refractivity contribution in [2.24, 2.45) is 39.9 Å². The molecule has 12 unspecified atom stereocenters. The lowest BCUT2D eigenvalue weighted by Gasteiger charge is -2.42. The van der Waals surface area contributed by atoms with Crippen LogP contribution in [0.4, 0.5) is 0 Å². The number of nitrogens with one attached hydrogen (secondary N) is 5. The molecule has 23 heteroatoms. The molecule has 0 aromatic rings. The van der Waals surface area contributed by atoms with Crippen LogP contribution in [0, 0.1) is 39.9 Å². The van der Waals surface area contributed by atoms with E-state index in [1.807, 2.05) is 96.1 Å². The first-order valence-electron chi connectivity index (χ1n) is 32.0. The van der Waals surface area contributed by atoms with Gasteiger partial charge in [-0.3, -0.25) is 52.7 Å². The molecular weight excluding hydrogens is 1140 g/mol. The lowest BCUT2D eigenvalue weighted by Crippen LogP contribution is -2.63. The van der Waals surface area contributed by atoms with Crippen LogP contribution in [0.5, 0.6) is 0 Å². The average Bonchev–Trinajstić information content (AvgIpc) is 1.15. The minimum atomic E-state index is -1.62. The fourth-order valence-electron chi connectivity index (χ4n) is 11.4. The number of amides is 11. The number of hydrogen-bond acceptors (Lipinski definition) is 12. The van der Waals surface area contributed by atoms with Gasteiger partial charge < -0.3 is 61.1 Å². The summed E-state index contributed by atoms with van der Waals surface area (Å²) in [6, 6.07) is -12.6. The minimum Gasteiger partial charge on any atom is -0.390 e. The number of aliphatic hydroxyl groups excluding tert-OH is 1. The molecule has 12 atom stereocenters. The standard InChI is InChI=1S/C66H119N11O12/c1-28-30-40(9)32-41(10)53(79)52-57(83)70-44(29-2)59(85)72(22)36-49(78)69-45(33-64(13,14)15)55(81)71-50(38(5)6)62(88)74(24)47(34-65(16,17)18)56(82)67-42(11)54(80)68-43(12)58(84)75(25)48(35-66(19,20)21)61(87)73(23)46(31-37(3)4)60(86)76(26)51(39(7)8)63(89)77(52)27/h30,37-39,41-48,50-53,79H,28-29,31-36H2,1-27H3,(H,67,82)(H,68,80)(H,69,78)(H,70,83)(H,71,81)/b40-30+. The molecule has 1 heterocycles. The predicted molar refractivity (Wildman–Crippen MR) is 347 cm³/mol. The van der Waals surface area contributed by atoms with Crippen molar-refractivity contribution in [1.29, 1.82) is 0 Å². The topological polar surface area (TPSA) is 288 Å².